The second-order valence-corrected chi connectivity index (χ2v) is 4.23. The summed E-state index contributed by atoms with van der Waals surface area (Å²) in [5.74, 6) is 0.439. The summed E-state index contributed by atoms with van der Waals surface area (Å²) in [4.78, 5) is 10.7. The van der Waals surface area contributed by atoms with E-state index in [1.54, 1.807) is 22.5 Å². The molecule has 2 heterocycles. The standard InChI is InChI=1S/C11H16N6O2/c1-4-16-11(10(17(18)19)8(2)14-16)12-5-9-6-13-15(3)7-9/h6-7,12H,4-5H2,1-3H3. The highest BCUT2D eigenvalue weighted by Crippen LogP contribution is 2.28. The first kappa shape index (κ1) is 13.1. The van der Waals surface area contributed by atoms with E-state index in [-0.39, 0.29) is 5.69 Å². The van der Waals surface area contributed by atoms with E-state index in [1.165, 1.54) is 0 Å². The second-order valence-electron chi connectivity index (χ2n) is 4.23. The smallest absolute Gasteiger partial charge is 0.333 e. The van der Waals surface area contributed by atoms with Crippen LogP contribution in [0.3, 0.4) is 0 Å². The normalized spacial score (nSPS) is 10.7. The molecule has 2 aromatic rings. The van der Waals surface area contributed by atoms with E-state index in [4.69, 9.17) is 0 Å². The average Bonchev–Trinajstić information content (AvgIpc) is 2.89. The molecule has 1 N–H and O–H groups in total. The zero-order valence-corrected chi connectivity index (χ0v) is 11.1. The lowest BCUT2D eigenvalue weighted by Crippen LogP contribution is -2.08. The summed E-state index contributed by atoms with van der Waals surface area (Å²) in [5.41, 5.74) is 1.41. The Morgan fingerprint density at radius 2 is 2.26 bits per heavy atom. The third-order valence-electron chi connectivity index (χ3n) is 2.80. The van der Waals surface area contributed by atoms with Crippen molar-refractivity contribution in [1.29, 1.82) is 0 Å². The molecule has 0 aliphatic heterocycles. The number of aromatic nitrogens is 4. The van der Waals surface area contributed by atoms with Gasteiger partial charge in [0, 0.05) is 31.9 Å². The molecule has 8 nitrogen and oxygen atoms in total. The van der Waals surface area contributed by atoms with Crippen LogP contribution < -0.4 is 5.32 Å². The Hall–Kier alpha value is -2.38. The van der Waals surface area contributed by atoms with Gasteiger partial charge in [0.2, 0.25) is 5.82 Å². The van der Waals surface area contributed by atoms with E-state index >= 15 is 0 Å². The Kier molecular flexibility index (Phi) is 3.50. The van der Waals surface area contributed by atoms with E-state index in [0.29, 0.717) is 24.6 Å². The Morgan fingerprint density at radius 1 is 1.53 bits per heavy atom. The van der Waals surface area contributed by atoms with Gasteiger partial charge in [-0.3, -0.25) is 14.8 Å². The van der Waals surface area contributed by atoms with Gasteiger partial charge in [-0.15, -0.1) is 0 Å². The summed E-state index contributed by atoms with van der Waals surface area (Å²) in [6, 6.07) is 0. The molecule has 0 bridgehead atoms. The molecule has 2 aromatic heterocycles. The third kappa shape index (κ3) is 2.56. The van der Waals surface area contributed by atoms with Gasteiger partial charge in [-0.2, -0.15) is 10.2 Å². The van der Waals surface area contributed by atoms with Crippen molar-refractivity contribution in [3.05, 3.63) is 33.8 Å². The molecule has 0 fully saturated rings. The fraction of sp³-hybridized carbons (Fsp3) is 0.455. The van der Waals surface area contributed by atoms with E-state index in [2.05, 4.69) is 15.5 Å². The average molecular weight is 264 g/mol. The van der Waals surface area contributed by atoms with Gasteiger partial charge in [-0.05, 0) is 13.8 Å². The lowest BCUT2D eigenvalue weighted by molar-refractivity contribution is -0.384. The molecule has 0 saturated carbocycles. The third-order valence-corrected chi connectivity index (χ3v) is 2.80. The van der Waals surface area contributed by atoms with Crippen molar-refractivity contribution < 1.29 is 4.92 Å². The summed E-state index contributed by atoms with van der Waals surface area (Å²) in [7, 11) is 1.83. The number of aryl methyl sites for hydroxylation is 3. The van der Waals surface area contributed by atoms with Crippen LogP contribution in [0.5, 0.6) is 0 Å². The van der Waals surface area contributed by atoms with Crippen molar-refractivity contribution in [2.75, 3.05) is 5.32 Å². The molecular weight excluding hydrogens is 248 g/mol. The molecular formula is C11H16N6O2. The molecule has 0 aliphatic rings. The number of nitrogens with zero attached hydrogens (tertiary/aromatic N) is 5. The van der Waals surface area contributed by atoms with Gasteiger partial charge in [0.1, 0.15) is 5.69 Å². The second kappa shape index (κ2) is 5.09. The highest BCUT2D eigenvalue weighted by Gasteiger charge is 2.24. The van der Waals surface area contributed by atoms with Crippen LogP contribution in [0.1, 0.15) is 18.2 Å². The molecule has 0 unspecified atom stereocenters. The molecule has 102 valence electrons. The molecule has 0 aliphatic carbocycles. The van der Waals surface area contributed by atoms with Crippen LogP contribution in [-0.2, 0) is 20.1 Å². The van der Waals surface area contributed by atoms with Crippen molar-refractivity contribution in [2.45, 2.75) is 26.9 Å². The van der Waals surface area contributed by atoms with Crippen LogP contribution in [0.25, 0.3) is 0 Å². The Bertz CT molecular complexity index is 600. The molecule has 2 rings (SSSR count). The Morgan fingerprint density at radius 3 is 2.79 bits per heavy atom. The number of anilines is 1. The van der Waals surface area contributed by atoms with Crippen LogP contribution in [0.15, 0.2) is 12.4 Å². The van der Waals surface area contributed by atoms with Gasteiger partial charge in [0.05, 0.1) is 11.1 Å². The van der Waals surface area contributed by atoms with E-state index < -0.39 is 4.92 Å². The monoisotopic (exact) mass is 264 g/mol. The number of hydrogen-bond donors (Lipinski definition) is 1. The van der Waals surface area contributed by atoms with E-state index in [9.17, 15) is 10.1 Å². The van der Waals surface area contributed by atoms with E-state index in [0.717, 1.165) is 5.56 Å². The van der Waals surface area contributed by atoms with Gasteiger partial charge < -0.3 is 5.32 Å². The molecule has 0 atom stereocenters. The van der Waals surface area contributed by atoms with Crippen molar-refractivity contribution in [2.24, 2.45) is 7.05 Å². The van der Waals surface area contributed by atoms with Gasteiger partial charge in [0.25, 0.3) is 0 Å². The molecule has 0 amide bonds. The van der Waals surface area contributed by atoms with Crippen LogP contribution in [0, 0.1) is 17.0 Å². The first-order chi connectivity index (χ1) is 9.02. The summed E-state index contributed by atoms with van der Waals surface area (Å²) in [6.45, 7) is 4.58. The summed E-state index contributed by atoms with van der Waals surface area (Å²) >= 11 is 0. The summed E-state index contributed by atoms with van der Waals surface area (Å²) in [6.07, 6.45) is 3.58. The van der Waals surface area contributed by atoms with Crippen LogP contribution in [0.2, 0.25) is 0 Å². The quantitative estimate of drug-likeness (QED) is 0.652. The minimum atomic E-state index is -0.403. The summed E-state index contributed by atoms with van der Waals surface area (Å²) in [5, 5.41) is 22.4. The minimum absolute atomic E-state index is 0.0331. The zero-order chi connectivity index (χ0) is 14.0. The lowest BCUT2D eigenvalue weighted by Gasteiger charge is -2.06. The molecule has 0 spiro atoms. The predicted octanol–water partition coefficient (Wildman–Crippen LogP) is 1.47. The highest BCUT2D eigenvalue weighted by atomic mass is 16.6. The topological polar surface area (TPSA) is 90.8 Å². The number of nitrogens with one attached hydrogen (secondary N) is 1. The van der Waals surface area contributed by atoms with Gasteiger partial charge in [0.15, 0.2) is 0 Å². The van der Waals surface area contributed by atoms with Gasteiger partial charge >= 0.3 is 5.69 Å². The highest BCUT2D eigenvalue weighted by molar-refractivity contribution is 5.59. The largest absolute Gasteiger partial charge is 0.360 e. The van der Waals surface area contributed by atoms with Crippen molar-refractivity contribution in [3.63, 3.8) is 0 Å². The van der Waals surface area contributed by atoms with Crippen LogP contribution >= 0.6 is 0 Å². The van der Waals surface area contributed by atoms with Gasteiger partial charge in [-0.1, -0.05) is 0 Å². The van der Waals surface area contributed by atoms with Crippen LogP contribution in [-0.4, -0.2) is 24.5 Å². The SMILES string of the molecule is CCn1nc(C)c([N+](=O)[O-])c1NCc1cnn(C)c1. The first-order valence-corrected chi connectivity index (χ1v) is 5.96. The predicted molar refractivity (Wildman–Crippen MR) is 69.8 cm³/mol. The van der Waals surface area contributed by atoms with Crippen molar-refractivity contribution in [1.82, 2.24) is 19.6 Å². The maximum absolute atomic E-state index is 11.1. The fourth-order valence-corrected chi connectivity index (χ4v) is 1.94. The van der Waals surface area contributed by atoms with Crippen molar-refractivity contribution in [3.8, 4) is 0 Å². The number of rotatable bonds is 5. The zero-order valence-electron chi connectivity index (χ0n) is 11.1. The molecule has 0 radical (unpaired) electrons. The molecule has 0 aromatic carbocycles. The Labute approximate surface area is 110 Å². The summed E-state index contributed by atoms with van der Waals surface area (Å²) < 4.78 is 3.29. The van der Waals surface area contributed by atoms with Crippen molar-refractivity contribution >= 4 is 11.5 Å². The number of hydrogen-bond acceptors (Lipinski definition) is 5. The molecule has 8 heteroatoms. The maximum atomic E-state index is 11.1. The van der Waals surface area contributed by atoms with Gasteiger partial charge in [-0.25, -0.2) is 4.68 Å². The Balaban J connectivity index is 2.25. The maximum Gasteiger partial charge on any atom is 0.333 e. The molecule has 0 saturated heterocycles. The van der Waals surface area contributed by atoms with Crippen LogP contribution in [0.4, 0.5) is 11.5 Å². The lowest BCUT2D eigenvalue weighted by atomic mass is 10.3. The van der Waals surface area contributed by atoms with E-state index in [1.807, 2.05) is 20.2 Å². The first-order valence-electron chi connectivity index (χ1n) is 5.96. The molecule has 19 heavy (non-hydrogen) atoms. The fourth-order valence-electron chi connectivity index (χ4n) is 1.94. The number of nitro groups is 1. The minimum Gasteiger partial charge on any atom is -0.360 e.